The molecule has 0 unspecified atom stereocenters. The van der Waals surface area contributed by atoms with E-state index in [0.717, 1.165) is 12.8 Å². The van der Waals surface area contributed by atoms with E-state index in [1.807, 2.05) is 13.8 Å². The van der Waals surface area contributed by atoms with Crippen LogP contribution in [0, 0.1) is 5.92 Å². The molecule has 1 amide bonds. The van der Waals surface area contributed by atoms with Crippen molar-refractivity contribution in [1.82, 2.24) is 4.31 Å². The summed E-state index contributed by atoms with van der Waals surface area (Å²) in [6.07, 6.45) is 1.76. The van der Waals surface area contributed by atoms with Gasteiger partial charge in [-0.25, -0.2) is 8.42 Å². The van der Waals surface area contributed by atoms with E-state index >= 15 is 0 Å². The Morgan fingerprint density at radius 3 is 2.43 bits per heavy atom. The second-order valence-corrected chi connectivity index (χ2v) is 7.68. The van der Waals surface area contributed by atoms with Gasteiger partial charge in [0.1, 0.15) is 4.90 Å². The number of hydrogen-bond acceptors (Lipinski definition) is 4. The van der Waals surface area contributed by atoms with Crippen LogP contribution in [0.1, 0.15) is 37.0 Å². The maximum Gasteiger partial charge on any atom is 0.248 e. The smallest absolute Gasteiger partial charge is 0.248 e. The molecule has 1 aliphatic rings. The Morgan fingerprint density at radius 1 is 1.38 bits per heavy atom. The van der Waals surface area contributed by atoms with E-state index in [1.165, 1.54) is 22.5 Å². The van der Waals surface area contributed by atoms with E-state index in [1.54, 1.807) is 0 Å². The van der Waals surface area contributed by atoms with Gasteiger partial charge >= 0.3 is 0 Å². The van der Waals surface area contributed by atoms with E-state index in [2.05, 4.69) is 0 Å². The molecule has 0 aliphatic heterocycles. The van der Waals surface area contributed by atoms with Gasteiger partial charge in [-0.15, -0.1) is 0 Å². The van der Waals surface area contributed by atoms with Crippen LogP contribution in [0.15, 0.2) is 23.1 Å². The van der Waals surface area contributed by atoms with E-state index in [9.17, 15) is 13.2 Å². The number of carbonyl (C=O) groups excluding carboxylic acids is 1. The molecular formula is C14H21N3O3S. The molecule has 21 heavy (non-hydrogen) atoms. The van der Waals surface area contributed by atoms with Crippen molar-refractivity contribution in [3.05, 3.63) is 23.8 Å². The summed E-state index contributed by atoms with van der Waals surface area (Å²) < 4.78 is 27.1. The van der Waals surface area contributed by atoms with E-state index in [4.69, 9.17) is 11.5 Å². The van der Waals surface area contributed by atoms with Gasteiger partial charge in [-0.2, -0.15) is 4.31 Å². The first-order valence-electron chi connectivity index (χ1n) is 6.94. The zero-order valence-corrected chi connectivity index (χ0v) is 13.1. The molecule has 6 nitrogen and oxygen atoms in total. The number of primary amides is 1. The highest BCUT2D eigenvalue weighted by Gasteiger charge is 2.39. The van der Waals surface area contributed by atoms with Crippen molar-refractivity contribution >= 4 is 21.6 Å². The molecule has 7 heteroatoms. The summed E-state index contributed by atoms with van der Waals surface area (Å²) in [7, 11) is -3.65. The maximum absolute atomic E-state index is 12.8. The molecule has 0 heterocycles. The second-order valence-electron chi connectivity index (χ2n) is 5.82. The van der Waals surface area contributed by atoms with Crippen molar-refractivity contribution in [2.24, 2.45) is 11.7 Å². The third kappa shape index (κ3) is 3.36. The highest BCUT2D eigenvalue weighted by molar-refractivity contribution is 7.89. The first kappa shape index (κ1) is 15.8. The Morgan fingerprint density at radius 2 is 2.00 bits per heavy atom. The number of sulfonamides is 1. The zero-order chi connectivity index (χ0) is 15.8. The molecule has 2 rings (SSSR count). The molecule has 0 bridgehead atoms. The fourth-order valence-electron chi connectivity index (χ4n) is 2.23. The zero-order valence-electron chi connectivity index (χ0n) is 12.2. The van der Waals surface area contributed by atoms with Crippen LogP contribution in [0.4, 0.5) is 5.69 Å². The first-order chi connectivity index (χ1) is 9.73. The van der Waals surface area contributed by atoms with Gasteiger partial charge in [0.15, 0.2) is 0 Å². The molecule has 116 valence electrons. The van der Waals surface area contributed by atoms with Gasteiger partial charge in [-0.1, -0.05) is 13.8 Å². The number of nitrogen functional groups attached to an aromatic ring is 1. The van der Waals surface area contributed by atoms with Crippen LogP contribution in [-0.2, 0) is 10.0 Å². The molecule has 0 spiro atoms. The van der Waals surface area contributed by atoms with Crippen molar-refractivity contribution in [3.8, 4) is 0 Å². The number of benzene rings is 1. The lowest BCUT2D eigenvalue weighted by Crippen LogP contribution is -2.36. The molecule has 0 saturated heterocycles. The lowest BCUT2D eigenvalue weighted by atomic mass is 10.2. The van der Waals surface area contributed by atoms with Gasteiger partial charge in [-0.3, -0.25) is 4.79 Å². The summed E-state index contributed by atoms with van der Waals surface area (Å²) in [4.78, 5) is 11.2. The summed E-state index contributed by atoms with van der Waals surface area (Å²) in [6.45, 7) is 4.42. The van der Waals surface area contributed by atoms with Crippen LogP contribution in [0.3, 0.4) is 0 Å². The van der Waals surface area contributed by atoms with Crippen molar-refractivity contribution in [2.45, 2.75) is 37.6 Å². The van der Waals surface area contributed by atoms with Gasteiger partial charge in [0.2, 0.25) is 15.9 Å². The van der Waals surface area contributed by atoms with Gasteiger partial charge in [-0.05, 0) is 37.0 Å². The van der Waals surface area contributed by atoms with Gasteiger partial charge in [0, 0.05) is 18.2 Å². The third-order valence-corrected chi connectivity index (χ3v) is 5.37. The Bertz CT molecular complexity index is 651. The van der Waals surface area contributed by atoms with E-state index < -0.39 is 15.9 Å². The van der Waals surface area contributed by atoms with Crippen molar-refractivity contribution in [3.63, 3.8) is 0 Å². The van der Waals surface area contributed by atoms with Crippen LogP contribution >= 0.6 is 0 Å². The Balaban J connectivity index is 2.40. The number of anilines is 1. The Labute approximate surface area is 125 Å². The minimum absolute atomic E-state index is 0.0417. The predicted molar refractivity (Wildman–Crippen MR) is 81.1 cm³/mol. The first-order valence-corrected chi connectivity index (χ1v) is 8.38. The van der Waals surface area contributed by atoms with Crippen LogP contribution < -0.4 is 11.5 Å². The molecule has 1 aliphatic carbocycles. The largest absolute Gasteiger partial charge is 0.398 e. The fraction of sp³-hybridized carbons (Fsp3) is 0.500. The number of amides is 1. The predicted octanol–water partition coefficient (Wildman–Crippen LogP) is 1.18. The molecule has 1 aromatic rings. The van der Waals surface area contributed by atoms with Gasteiger partial charge in [0.25, 0.3) is 0 Å². The quantitative estimate of drug-likeness (QED) is 0.769. The molecule has 1 saturated carbocycles. The second kappa shape index (κ2) is 5.65. The van der Waals surface area contributed by atoms with E-state index in [0.29, 0.717) is 6.54 Å². The highest BCUT2D eigenvalue weighted by Crippen LogP contribution is 2.34. The van der Waals surface area contributed by atoms with E-state index in [-0.39, 0.29) is 28.1 Å². The summed E-state index contributed by atoms with van der Waals surface area (Å²) in [5, 5.41) is 0. The monoisotopic (exact) mass is 311 g/mol. The summed E-state index contributed by atoms with van der Waals surface area (Å²) >= 11 is 0. The van der Waals surface area contributed by atoms with Crippen molar-refractivity contribution in [2.75, 3.05) is 12.3 Å². The molecule has 1 aromatic carbocycles. The molecular weight excluding hydrogens is 290 g/mol. The maximum atomic E-state index is 12.8. The molecule has 1 fully saturated rings. The minimum atomic E-state index is -3.65. The number of nitrogens with zero attached hydrogens (tertiary/aromatic N) is 1. The SMILES string of the molecule is CC(C)CN(C1CC1)S(=O)(=O)c1ccc(C(N)=O)cc1N. The number of rotatable bonds is 6. The summed E-state index contributed by atoms with van der Waals surface area (Å²) in [5.41, 5.74) is 11.3. The summed E-state index contributed by atoms with van der Waals surface area (Å²) in [6, 6.07) is 4.13. The average Bonchev–Trinajstić information content (AvgIpc) is 3.19. The lowest BCUT2D eigenvalue weighted by Gasteiger charge is -2.24. The Hall–Kier alpha value is -1.60. The molecule has 0 atom stereocenters. The van der Waals surface area contributed by atoms with Crippen LogP contribution in [0.2, 0.25) is 0 Å². The molecule has 0 radical (unpaired) electrons. The molecule has 0 aromatic heterocycles. The fourth-order valence-corrected chi connectivity index (χ4v) is 4.18. The highest BCUT2D eigenvalue weighted by atomic mass is 32.2. The normalized spacial score (nSPS) is 15.6. The number of hydrogen-bond donors (Lipinski definition) is 2. The van der Waals surface area contributed by atoms with Gasteiger partial charge in [0.05, 0.1) is 5.69 Å². The van der Waals surface area contributed by atoms with Crippen LogP contribution in [0.5, 0.6) is 0 Å². The third-order valence-electron chi connectivity index (χ3n) is 3.38. The van der Waals surface area contributed by atoms with Gasteiger partial charge < -0.3 is 11.5 Å². The van der Waals surface area contributed by atoms with Crippen molar-refractivity contribution in [1.29, 1.82) is 0 Å². The summed E-state index contributed by atoms with van der Waals surface area (Å²) in [5.74, 6) is -0.404. The van der Waals surface area contributed by atoms with Crippen LogP contribution in [0.25, 0.3) is 0 Å². The lowest BCUT2D eigenvalue weighted by molar-refractivity contribution is 0.1000. The standard InChI is InChI=1S/C14H21N3O3S/c1-9(2)8-17(11-4-5-11)21(19,20)13-6-3-10(14(16)18)7-12(13)15/h3,6-7,9,11H,4-5,8,15H2,1-2H3,(H2,16,18). The average molecular weight is 311 g/mol. The van der Waals surface area contributed by atoms with Crippen LogP contribution in [-0.4, -0.2) is 31.2 Å². The topological polar surface area (TPSA) is 106 Å². The number of nitrogens with two attached hydrogens (primary N) is 2. The number of carbonyl (C=O) groups is 1. The Kier molecular flexibility index (Phi) is 4.25. The molecule has 4 N–H and O–H groups in total. The minimum Gasteiger partial charge on any atom is -0.398 e. The van der Waals surface area contributed by atoms with Crippen molar-refractivity contribution < 1.29 is 13.2 Å².